The maximum absolute atomic E-state index is 6.23. The highest BCUT2D eigenvalue weighted by Crippen LogP contribution is 2.28. The van der Waals surface area contributed by atoms with Crippen molar-refractivity contribution in [1.29, 1.82) is 0 Å². The SMILES string of the molecule is COc1ccc([C@H](C)c2ncc(-n3cnc4ccccc43)nc2N)cc1. The molecule has 0 spiro atoms. The summed E-state index contributed by atoms with van der Waals surface area (Å²) in [7, 11) is 1.65. The molecule has 0 aliphatic rings. The van der Waals surface area contributed by atoms with Gasteiger partial charge in [0.05, 0.1) is 30.0 Å². The Bertz CT molecular complexity index is 1060. The quantitative estimate of drug-likeness (QED) is 0.612. The smallest absolute Gasteiger partial charge is 0.159 e. The molecule has 2 N–H and O–H groups in total. The van der Waals surface area contributed by atoms with Gasteiger partial charge < -0.3 is 10.5 Å². The van der Waals surface area contributed by atoms with Crippen LogP contribution < -0.4 is 10.5 Å². The van der Waals surface area contributed by atoms with Gasteiger partial charge in [0, 0.05) is 5.92 Å². The number of aromatic nitrogens is 4. The van der Waals surface area contributed by atoms with Crippen LogP contribution in [0.1, 0.15) is 24.1 Å². The van der Waals surface area contributed by atoms with Crippen molar-refractivity contribution in [2.24, 2.45) is 0 Å². The number of nitrogens with two attached hydrogens (primary N) is 1. The van der Waals surface area contributed by atoms with Gasteiger partial charge in [-0.25, -0.2) is 9.97 Å². The Morgan fingerprint density at radius 1 is 1.04 bits per heavy atom. The van der Waals surface area contributed by atoms with E-state index in [0.717, 1.165) is 28.0 Å². The van der Waals surface area contributed by atoms with Crippen molar-refractivity contribution < 1.29 is 4.74 Å². The van der Waals surface area contributed by atoms with Crippen molar-refractivity contribution in [2.45, 2.75) is 12.8 Å². The molecule has 130 valence electrons. The molecule has 4 aromatic rings. The van der Waals surface area contributed by atoms with Gasteiger partial charge in [0.2, 0.25) is 0 Å². The van der Waals surface area contributed by atoms with Gasteiger partial charge in [-0.1, -0.05) is 31.2 Å². The van der Waals surface area contributed by atoms with Crippen molar-refractivity contribution in [3.8, 4) is 11.6 Å². The minimum Gasteiger partial charge on any atom is -0.497 e. The maximum atomic E-state index is 6.23. The van der Waals surface area contributed by atoms with Gasteiger partial charge in [0.15, 0.2) is 5.82 Å². The Hall–Kier alpha value is -3.41. The summed E-state index contributed by atoms with van der Waals surface area (Å²) in [6, 6.07) is 15.8. The van der Waals surface area contributed by atoms with E-state index in [1.54, 1.807) is 19.6 Å². The molecule has 6 nitrogen and oxygen atoms in total. The minimum atomic E-state index is 0.0296. The summed E-state index contributed by atoms with van der Waals surface area (Å²) in [5.41, 5.74) is 9.97. The first-order chi connectivity index (χ1) is 12.7. The van der Waals surface area contributed by atoms with Crippen LogP contribution >= 0.6 is 0 Å². The van der Waals surface area contributed by atoms with E-state index in [1.165, 1.54) is 0 Å². The van der Waals surface area contributed by atoms with Crippen LogP contribution in [0.3, 0.4) is 0 Å². The summed E-state index contributed by atoms with van der Waals surface area (Å²) in [6.07, 6.45) is 3.47. The Morgan fingerprint density at radius 3 is 2.54 bits per heavy atom. The van der Waals surface area contributed by atoms with Crippen LogP contribution in [0.4, 0.5) is 5.82 Å². The molecule has 1 atom stereocenters. The summed E-state index contributed by atoms with van der Waals surface area (Å²) in [5.74, 6) is 1.93. The zero-order valence-corrected chi connectivity index (χ0v) is 14.6. The number of ether oxygens (including phenoxy) is 1. The van der Waals surface area contributed by atoms with E-state index in [9.17, 15) is 0 Å². The normalized spacial score (nSPS) is 12.2. The Morgan fingerprint density at radius 2 is 1.81 bits per heavy atom. The number of anilines is 1. The summed E-state index contributed by atoms with van der Waals surface area (Å²) in [5, 5.41) is 0. The highest BCUT2D eigenvalue weighted by atomic mass is 16.5. The Kier molecular flexibility index (Phi) is 4.01. The fourth-order valence-corrected chi connectivity index (χ4v) is 3.04. The second-order valence-corrected chi connectivity index (χ2v) is 6.10. The van der Waals surface area contributed by atoms with E-state index in [4.69, 9.17) is 10.5 Å². The van der Waals surface area contributed by atoms with Crippen LogP contribution in [0.25, 0.3) is 16.9 Å². The van der Waals surface area contributed by atoms with Gasteiger partial charge in [-0.15, -0.1) is 0 Å². The number of methoxy groups -OCH3 is 1. The van der Waals surface area contributed by atoms with Crippen molar-refractivity contribution >= 4 is 16.9 Å². The number of nitrogens with zero attached hydrogens (tertiary/aromatic N) is 4. The average molecular weight is 345 g/mol. The highest BCUT2D eigenvalue weighted by Gasteiger charge is 2.16. The predicted octanol–water partition coefficient (Wildman–Crippen LogP) is 3.56. The Labute approximate surface area is 151 Å². The van der Waals surface area contributed by atoms with E-state index in [0.29, 0.717) is 11.6 Å². The molecule has 0 saturated carbocycles. The maximum Gasteiger partial charge on any atom is 0.159 e. The lowest BCUT2D eigenvalue weighted by atomic mass is 9.97. The number of imidazole rings is 1. The van der Waals surface area contributed by atoms with Crippen LogP contribution in [0.2, 0.25) is 0 Å². The van der Waals surface area contributed by atoms with Crippen LogP contribution in [-0.2, 0) is 0 Å². The molecule has 0 aliphatic heterocycles. The lowest BCUT2D eigenvalue weighted by molar-refractivity contribution is 0.414. The molecule has 0 amide bonds. The summed E-state index contributed by atoms with van der Waals surface area (Å²) in [6.45, 7) is 2.06. The molecule has 0 saturated heterocycles. The monoisotopic (exact) mass is 345 g/mol. The fourth-order valence-electron chi connectivity index (χ4n) is 3.04. The first kappa shape index (κ1) is 16.1. The molecule has 0 bridgehead atoms. The predicted molar refractivity (Wildman–Crippen MR) is 102 cm³/mol. The molecule has 0 radical (unpaired) electrons. The van der Waals surface area contributed by atoms with Gasteiger partial charge in [0.1, 0.15) is 17.9 Å². The largest absolute Gasteiger partial charge is 0.497 e. The van der Waals surface area contributed by atoms with Crippen molar-refractivity contribution in [1.82, 2.24) is 19.5 Å². The van der Waals surface area contributed by atoms with E-state index < -0.39 is 0 Å². The molecule has 2 heterocycles. The van der Waals surface area contributed by atoms with E-state index in [-0.39, 0.29) is 5.92 Å². The molecule has 4 rings (SSSR count). The molecule has 2 aromatic heterocycles. The third-order valence-electron chi connectivity index (χ3n) is 4.54. The molecular formula is C20H19N5O. The molecular weight excluding hydrogens is 326 g/mol. The zero-order chi connectivity index (χ0) is 18.1. The first-order valence-corrected chi connectivity index (χ1v) is 8.36. The number of benzene rings is 2. The van der Waals surface area contributed by atoms with Crippen molar-refractivity contribution in [3.05, 3.63) is 72.3 Å². The Balaban J connectivity index is 1.69. The van der Waals surface area contributed by atoms with Gasteiger partial charge in [-0.05, 0) is 29.8 Å². The summed E-state index contributed by atoms with van der Waals surface area (Å²) < 4.78 is 7.10. The van der Waals surface area contributed by atoms with E-state index in [2.05, 4.69) is 21.9 Å². The zero-order valence-electron chi connectivity index (χ0n) is 14.6. The lowest BCUT2D eigenvalue weighted by Crippen LogP contribution is -2.09. The molecule has 2 aromatic carbocycles. The summed E-state index contributed by atoms with van der Waals surface area (Å²) >= 11 is 0. The molecule has 0 fully saturated rings. The number of fused-ring (bicyclic) bond motifs is 1. The average Bonchev–Trinajstić information content (AvgIpc) is 3.11. The number of nitrogen functional groups attached to an aromatic ring is 1. The second-order valence-electron chi connectivity index (χ2n) is 6.10. The number of hydrogen-bond acceptors (Lipinski definition) is 5. The topological polar surface area (TPSA) is 78.8 Å². The molecule has 0 unspecified atom stereocenters. The number of para-hydroxylation sites is 2. The van der Waals surface area contributed by atoms with Crippen molar-refractivity contribution in [3.63, 3.8) is 0 Å². The van der Waals surface area contributed by atoms with Gasteiger partial charge in [0.25, 0.3) is 0 Å². The first-order valence-electron chi connectivity index (χ1n) is 8.36. The minimum absolute atomic E-state index is 0.0296. The standard InChI is InChI=1S/C20H19N5O/c1-13(14-7-9-15(26-2)10-8-14)19-20(21)24-18(11-22-19)25-12-23-16-5-3-4-6-17(16)25/h3-13H,1-2H3,(H2,21,24)/t13-/m0/s1. The van der Waals surface area contributed by atoms with E-state index >= 15 is 0 Å². The second kappa shape index (κ2) is 6.48. The number of hydrogen-bond donors (Lipinski definition) is 1. The number of rotatable bonds is 4. The van der Waals surface area contributed by atoms with Crippen LogP contribution in [0.5, 0.6) is 5.75 Å². The molecule has 0 aliphatic carbocycles. The van der Waals surface area contributed by atoms with E-state index in [1.807, 2.05) is 53.1 Å². The van der Waals surface area contributed by atoms with Gasteiger partial charge >= 0.3 is 0 Å². The van der Waals surface area contributed by atoms with Gasteiger partial charge in [-0.2, -0.15) is 0 Å². The lowest BCUT2D eigenvalue weighted by Gasteiger charge is -2.14. The third-order valence-corrected chi connectivity index (χ3v) is 4.54. The summed E-state index contributed by atoms with van der Waals surface area (Å²) in [4.78, 5) is 13.5. The van der Waals surface area contributed by atoms with Gasteiger partial charge in [-0.3, -0.25) is 9.55 Å². The molecule has 6 heteroatoms. The van der Waals surface area contributed by atoms with Crippen LogP contribution in [0, 0.1) is 0 Å². The fraction of sp³-hybridized carbons (Fsp3) is 0.150. The highest BCUT2D eigenvalue weighted by molar-refractivity contribution is 5.76. The van der Waals surface area contributed by atoms with Crippen LogP contribution in [-0.4, -0.2) is 26.6 Å². The molecule has 26 heavy (non-hydrogen) atoms. The third kappa shape index (κ3) is 2.75. The van der Waals surface area contributed by atoms with Crippen molar-refractivity contribution in [2.75, 3.05) is 12.8 Å². The van der Waals surface area contributed by atoms with Crippen LogP contribution in [0.15, 0.2) is 61.1 Å².